The molecule has 0 unspecified atom stereocenters. The van der Waals surface area contributed by atoms with Gasteiger partial charge in [0.25, 0.3) is 0 Å². The van der Waals surface area contributed by atoms with Crippen LogP contribution in [0.25, 0.3) is 11.1 Å². The zero-order chi connectivity index (χ0) is 24.0. The number of ether oxygens (including phenoxy) is 1. The summed E-state index contributed by atoms with van der Waals surface area (Å²) in [6.45, 7) is 2.35. The molecule has 1 aromatic heterocycles. The summed E-state index contributed by atoms with van der Waals surface area (Å²) in [6.07, 6.45) is -1.40. The highest BCUT2D eigenvalue weighted by atomic mass is 19.4. The van der Waals surface area contributed by atoms with Gasteiger partial charge < -0.3 is 20.5 Å². The van der Waals surface area contributed by atoms with Crippen molar-refractivity contribution in [3.63, 3.8) is 0 Å². The third kappa shape index (κ3) is 6.45. The molecule has 0 fully saturated rings. The second kappa shape index (κ2) is 10.4. The Morgan fingerprint density at radius 2 is 1.91 bits per heavy atom. The summed E-state index contributed by atoms with van der Waals surface area (Å²) >= 11 is 0. The molecule has 3 N–H and O–H groups in total. The largest absolute Gasteiger partial charge is 0.484 e. The smallest absolute Gasteiger partial charge is 0.422 e. The molecule has 6 nitrogen and oxygen atoms in total. The third-order valence-electron chi connectivity index (χ3n) is 5.07. The molecule has 0 saturated carbocycles. The average Bonchev–Trinajstić information content (AvgIpc) is 3.25. The number of hydrogen-bond donors (Lipinski definition) is 3. The van der Waals surface area contributed by atoms with Gasteiger partial charge in [0.05, 0.1) is 17.4 Å². The molecular weight excluding hydrogens is 435 g/mol. The van der Waals surface area contributed by atoms with E-state index in [2.05, 4.69) is 27.8 Å². The first-order chi connectivity index (χ1) is 15.7. The Balaban J connectivity index is 0.000000235. The van der Waals surface area contributed by atoms with Crippen molar-refractivity contribution in [2.75, 3.05) is 19.0 Å². The van der Waals surface area contributed by atoms with Crippen LogP contribution < -0.4 is 15.4 Å². The number of carbonyl (C=O) groups is 1. The molecule has 174 valence electrons. The fourth-order valence-electron chi connectivity index (χ4n) is 3.46. The number of aromatic nitrogens is 1. The van der Waals surface area contributed by atoms with E-state index in [1.165, 1.54) is 29.6 Å². The number of anilines is 1. The quantitative estimate of drug-likeness (QED) is 0.497. The molecule has 2 heterocycles. The summed E-state index contributed by atoms with van der Waals surface area (Å²) in [5.41, 5.74) is 6.31. The van der Waals surface area contributed by atoms with E-state index in [1.54, 1.807) is 19.2 Å². The minimum atomic E-state index is -4.32. The monoisotopic (exact) mass is 459 g/mol. The molecule has 9 heteroatoms. The molecule has 4 rings (SSSR count). The van der Waals surface area contributed by atoms with E-state index in [1.807, 2.05) is 19.1 Å². The number of pyridine rings is 1. The Bertz CT molecular complexity index is 1130. The normalized spacial score (nSPS) is 12.4. The lowest BCUT2D eigenvalue weighted by molar-refractivity contribution is -0.153. The number of hydrogen-bond acceptors (Lipinski definition) is 5. The van der Waals surface area contributed by atoms with E-state index in [4.69, 9.17) is 9.84 Å². The summed E-state index contributed by atoms with van der Waals surface area (Å²) in [5, 5.41) is 14.7. The standard InChI is InChI=1S/C17H16F3NO.C7H8N2O2/c1-11-6-15(22-10-17(18,19)20)4-5-16(11)12-2-3-13-8-21-9-14(13)7-12;1-8-6-4-9-3-2-5(6)7(10)11/h2-7,21H,8-10H2,1H3;2-4,8H,1H3,(H,10,11). The van der Waals surface area contributed by atoms with Gasteiger partial charge in [0, 0.05) is 26.3 Å². The molecule has 1 aliphatic heterocycles. The summed E-state index contributed by atoms with van der Waals surface area (Å²) < 4.78 is 41.3. The molecular formula is C24H24F3N3O3. The number of aryl methyl sites for hydroxylation is 1. The van der Waals surface area contributed by atoms with Crippen LogP contribution in [0, 0.1) is 6.92 Å². The molecule has 33 heavy (non-hydrogen) atoms. The maximum absolute atomic E-state index is 12.2. The lowest BCUT2D eigenvalue weighted by Gasteiger charge is -2.12. The number of carboxylic acids is 1. The highest BCUT2D eigenvalue weighted by molar-refractivity contribution is 5.93. The van der Waals surface area contributed by atoms with Crippen LogP contribution in [0.15, 0.2) is 54.9 Å². The summed E-state index contributed by atoms with van der Waals surface area (Å²) in [6, 6.07) is 12.8. The third-order valence-corrected chi connectivity index (χ3v) is 5.07. The molecule has 0 spiro atoms. The van der Waals surface area contributed by atoms with Crippen LogP contribution in [0.5, 0.6) is 5.75 Å². The molecule has 0 saturated heterocycles. The summed E-state index contributed by atoms with van der Waals surface area (Å²) in [7, 11) is 1.66. The second-order valence-corrected chi connectivity index (χ2v) is 7.44. The highest BCUT2D eigenvalue weighted by Crippen LogP contribution is 2.30. The van der Waals surface area contributed by atoms with Crippen molar-refractivity contribution in [2.45, 2.75) is 26.2 Å². The Kier molecular flexibility index (Phi) is 7.55. The number of benzene rings is 2. The van der Waals surface area contributed by atoms with Crippen LogP contribution >= 0.6 is 0 Å². The van der Waals surface area contributed by atoms with Crippen molar-refractivity contribution in [1.82, 2.24) is 10.3 Å². The van der Waals surface area contributed by atoms with E-state index < -0.39 is 18.8 Å². The maximum atomic E-state index is 12.2. The first kappa shape index (κ1) is 24.1. The lowest BCUT2D eigenvalue weighted by atomic mass is 9.97. The topological polar surface area (TPSA) is 83.5 Å². The Morgan fingerprint density at radius 3 is 2.55 bits per heavy atom. The first-order valence-electron chi connectivity index (χ1n) is 10.2. The number of rotatable bonds is 5. The first-order valence-corrected chi connectivity index (χ1v) is 10.2. The minimum absolute atomic E-state index is 0.237. The van der Waals surface area contributed by atoms with Crippen LogP contribution in [0.3, 0.4) is 0 Å². The average molecular weight is 459 g/mol. The molecule has 2 aromatic carbocycles. The predicted octanol–water partition coefficient (Wildman–Crippen LogP) is 5.03. The minimum Gasteiger partial charge on any atom is -0.484 e. The molecule has 3 aromatic rings. The molecule has 0 radical (unpaired) electrons. The SMILES string of the molecule is CNc1cnccc1C(=O)O.Cc1cc(OCC(F)(F)F)ccc1-c1ccc2c(c1)CNC2. The van der Waals surface area contributed by atoms with Gasteiger partial charge >= 0.3 is 12.1 Å². The molecule has 0 bridgehead atoms. The summed E-state index contributed by atoms with van der Waals surface area (Å²) in [5.74, 6) is -0.710. The zero-order valence-electron chi connectivity index (χ0n) is 18.2. The van der Waals surface area contributed by atoms with Gasteiger partial charge in [-0.15, -0.1) is 0 Å². The number of nitrogens with zero attached hydrogens (tertiary/aromatic N) is 1. The highest BCUT2D eigenvalue weighted by Gasteiger charge is 2.28. The van der Waals surface area contributed by atoms with E-state index in [-0.39, 0.29) is 11.3 Å². The maximum Gasteiger partial charge on any atom is 0.422 e. The fourth-order valence-corrected chi connectivity index (χ4v) is 3.46. The van der Waals surface area contributed by atoms with Crippen molar-refractivity contribution in [3.8, 4) is 16.9 Å². The Labute approximate surface area is 189 Å². The van der Waals surface area contributed by atoms with Crippen molar-refractivity contribution in [2.24, 2.45) is 0 Å². The van der Waals surface area contributed by atoms with Crippen molar-refractivity contribution in [3.05, 3.63) is 77.1 Å². The van der Waals surface area contributed by atoms with E-state index in [0.717, 1.165) is 29.8 Å². The van der Waals surface area contributed by atoms with Gasteiger partial charge in [-0.3, -0.25) is 4.98 Å². The number of halogens is 3. The van der Waals surface area contributed by atoms with Crippen LogP contribution in [0.1, 0.15) is 27.0 Å². The van der Waals surface area contributed by atoms with Gasteiger partial charge in [-0.25, -0.2) is 4.79 Å². The molecule has 0 amide bonds. The van der Waals surface area contributed by atoms with Gasteiger partial charge in [-0.1, -0.05) is 18.2 Å². The zero-order valence-corrected chi connectivity index (χ0v) is 18.2. The second-order valence-electron chi connectivity index (χ2n) is 7.44. The molecule has 0 atom stereocenters. The number of aromatic carboxylic acids is 1. The molecule has 0 aliphatic carbocycles. The lowest BCUT2D eigenvalue weighted by Crippen LogP contribution is -2.19. The molecule has 1 aliphatic rings. The van der Waals surface area contributed by atoms with Gasteiger partial charge in [-0.2, -0.15) is 13.2 Å². The van der Waals surface area contributed by atoms with Gasteiger partial charge in [0.2, 0.25) is 0 Å². The number of carboxylic acid groups (broad SMARTS) is 1. The Morgan fingerprint density at radius 1 is 1.15 bits per heavy atom. The van der Waals surface area contributed by atoms with Crippen molar-refractivity contribution >= 4 is 11.7 Å². The number of nitrogens with one attached hydrogen (secondary N) is 2. The number of alkyl halides is 3. The number of fused-ring (bicyclic) bond motifs is 1. The van der Waals surface area contributed by atoms with Crippen LogP contribution in [0.2, 0.25) is 0 Å². The van der Waals surface area contributed by atoms with Crippen molar-refractivity contribution in [1.29, 1.82) is 0 Å². The van der Waals surface area contributed by atoms with E-state index >= 15 is 0 Å². The van der Waals surface area contributed by atoms with E-state index in [9.17, 15) is 18.0 Å². The van der Waals surface area contributed by atoms with E-state index in [0.29, 0.717) is 5.69 Å². The van der Waals surface area contributed by atoms with Crippen molar-refractivity contribution < 1.29 is 27.8 Å². The fraction of sp³-hybridized carbons (Fsp3) is 0.250. The Hall–Kier alpha value is -3.59. The predicted molar refractivity (Wildman–Crippen MR) is 119 cm³/mol. The van der Waals surface area contributed by atoms with Gasteiger partial charge in [0.15, 0.2) is 6.61 Å². The van der Waals surface area contributed by atoms with Gasteiger partial charge in [0.1, 0.15) is 5.75 Å². The van der Waals surface area contributed by atoms with Crippen LogP contribution in [-0.2, 0) is 13.1 Å². The van der Waals surface area contributed by atoms with Gasteiger partial charge in [-0.05, 0) is 59.0 Å². The summed E-state index contributed by atoms with van der Waals surface area (Å²) in [4.78, 5) is 14.3. The van der Waals surface area contributed by atoms with Crippen LogP contribution in [0.4, 0.5) is 18.9 Å². The van der Waals surface area contributed by atoms with Crippen LogP contribution in [-0.4, -0.2) is 35.9 Å².